The molecule has 0 saturated heterocycles. The van der Waals surface area contributed by atoms with Crippen LogP contribution in [0.25, 0.3) is 0 Å². The number of hydrogen-bond donors (Lipinski definition) is 0. The smallest absolute Gasteiger partial charge is 0.159 e. The highest BCUT2D eigenvalue weighted by Crippen LogP contribution is 2.24. The Morgan fingerprint density at radius 1 is 1.31 bits per heavy atom. The lowest BCUT2D eigenvalue weighted by Gasteiger charge is -2.15. The van der Waals surface area contributed by atoms with Crippen LogP contribution in [0.1, 0.15) is 44.8 Å². The fraction of sp³-hybridized carbons (Fsp3) is 0.636. The molecule has 1 aromatic heterocycles. The van der Waals surface area contributed by atoms with Crippen LogP contribution in [0.15, 0.2) is 0 Å². The first-order valence-electron chi connectivity index (χ1n) is 5.47. The third kappa shape index (κ3) is 3.28. The fourth-order valence-corrected chi connectivity index (χ4v) is 2.25. The van der Waals surface area contributed by atoms with Gasteiger partial charge >= 0.3 is 0 Å². The highest BCUT2D eigenvalue weighted by Gasteiger charge is 2.16. The standard InChI is InChI=1S/C11H16ClIN2O/c1-4-7-9(13)10(12)15-11(14-7)8(5-2)16-6-3/h8H,4-6H2,1-3H3. The third-order valence-electron chi connectivity index (χ3n) is 2.26. The zero-order valence-corrected chi connectivity index (χ0v) is 12.7. The zero-order chi connectivity index (χ0) is 12.1. The maximum atomic E-state index is 6.08. The molecule has 0 aliphatic carbocycles. The summed E-state index contributed by atoms with van der Waals surface area (Å²) in [5.74, 6) is 0.701. The normalized spacial score (nSPS) is 12.8. The molecule has 1 unspecified atom stereocenters. The van der Waals surface area contributed by atoms with E-state index in [2.05, 4.69) is 46.4 Å². The van der Waals surface area contributed by atoms with Crippen molar-refractivity contribution in [3.63, 3.8) is 0 Å². The van der Waals surface area contributed by atoms with Gasteiger partial charge in [0.05, 0.1) is 9.26 Å². The Bertz CT molecular complexity index is 360. The highest BCUT2D eigenvalue weighted by molar-refractivity contribution is 14.1. The predicted octanol–water partition coefficient (Wildman–Crippen LogP) is 3.78. The minimum absolute atomic E-state index is 0.0511. The van der Waals surface area contributed by atoms with E-state index in [1.165, 1.54) is 0 Å². The number of hydrogen-bond acceptors (Lipinski definition) is 3. The van der Waals surface area contributed by atoms with Crippen molar-refractivity contribution in [3.8, 4) is 0 Å². The average Bonchev–Trinajstić information content (AvgIpc) is 2.29. The van der Waals surface area contributed by atoms with Crippen molar-refractivity contribution in [2.45, 2.75) is 39.7 Å². The molecule has 0 aliphatic rings. The Hall–Kier alpha value is 0.0600. The van der Waals surface area contributed by atoms with Gasteiger partial charge in [0.2, 0.25) is 0 Å². The summed E-state index contributed by atoms with van der Waals surface area (Å²) in [7, 11) is 0. The van der Waals surface area contributed by atoms with Crippen LogP contribution in [0, 0.1) is 3.57 Å². The second-order valence-electron chi connectivity index (χ2n) is 3.34. The maximum Gasteiger partial charge on any atom is 0.159 e. The SMILES string of the molecule is CCOC(CC)c1nc(Cl)c(I)c(CC)n1. The van der Waals surface area contributed by atoms with Crippen LogP contribution < -0.4 is 0 Å². The average molecular weight is 355 g/mol. The van der Waals surface area contributed by atoms with Gasteiger partial charge in [-0.1, -0.05) is 25.4 Å². The van der Waals surface area contributed by atoms with Crippen LogP contribution >= 0.6 is 34.2 Å². The van der Waals surface area contributed by atoms with Gasteiger partial charge in [-0.2, -0.15) is 0 Å². The molecule has 0 bridgehead atoms. The summed E-state index contributed by atoms with van der Waals surface area (Å²) >= 11 is 8.27. The molecule has 1 heterocycles. The summed E-state index contributed by atoms with van der Waals surface area (Å²) in [5.41, 5.74) is 0.994. The molecule has 0 spiro atoms. The van der Waals surface area contributed by atoms with Crippen molar-refractivity contribution in [2.75, 3.05) is 6.61 Å². The zero-order valence-electron chi connectivity index (χ0n) is 9.76. The van der Waals surface area contributed by atoms with E-state index < -0.39 is 0 Å². The van der Waals surface area contributed by atoms with Gasteiger partial charge in [0.1, 0.15) is 11.3 Å². The molecular weight excluding hydrogens is 338 g/mol. The first-order valence-corrected chi connectivity index (χ1v) is 6.93. The Morgan fingerprint density at radius 2 is 2.00 bits per heavy atom. The van der Waals surface area contributed by atoms with E-state index in [1.54, 1.807) is 0 Å². The van der Waals surface area contributed by atoms with Crippen LogP contribution in [-0.4, -0.2) is 16.6 Å². The summed E-state index contributed by atoms with van der Waals surface area (Å²) in [5, 5.41) is 0.528. The summed E-state index contributed by atoms with van der Waals surface area (Å²) in [4.78, 5) is 8.81. The summed E-state index contributed by atoms with van der Waals surface area (Å²) < 4.78 is 6.53. The third-order valence-corrected chi connectivity index (χ3v) is 3.98. The maximum absolute atomic E-state index is 6.08. The molecule has 0 fully saturated rings. The number of aryl methyl sites for hydroxylation is 1. The molecular formula is C11H16ClIN2O. The molecule has 0 N–H and O–H groups in total. The minimum atomic E-state index is -0.0511. The van der Waals surface area contributed by atoms with E-state index in [1.807, 2.05) is 6.92 Å². The molecule has 0 saturated carbocycles. The van der Waals surface area contributed by atoms with Gasteiger partial charge in [0, 0.05) is 6.61 Å². The number of nitrogens with zero attached hydrogens (tertiary/aromatic N) is 2. The second kappa shape index (κ2) is 6.71. The lowest BCUT2D eigenvalue weighted by atomic mass is 10.2. The second-order valence-corrected chi connectivity index (χ2v) is 4.78. The van der Waals surface area contributed by atoms with Crippen molar-refractivity contribution < 1.29 is 4.74 Å². The Labute approximate surface area is 115 Å². The lowest BCUT2D eigenvalue weighted by Crippen LogP contribution is -2.11. The van der Waals surface area contributed by atoms with Crippen molar-refractivity contribution in [3.05, 3.63) is 20.2 Å². The highest BCUT2D eigenvalue weighted by atomic mass is 127. The Balaban J connectivity index is 3.08. The van der Waals surface area contributed by atoms with Gasteiger partial charge in [-0.15, -0.1) is 0 Å². The number of aromatic nitrogens is 2. The van der Waals surface area contributed by atoms with E-state index in [-0.39, 0.29) is 6.10 Å². The van der Waals surface area contributed by atoms with Crippen LogP contribution in [0.3, 0.4) is 0 Å². The predicted molar refractivity (Wildman–Crippen MR) is 73.8 cm³/mol. The number of halogens is 2. The van der Waals surface area contributed by atoms with Gasteiger partial charge in [0.25, 0.3) is 0 Å². The number of ether oxygens (including phenoxy) is 1. The van der Waals surface area contributed by atoms with Gasteiger partial charge in [-0.05, 0) is 42.4 Å². The molecule has 3 nitrogen and oxygen atoms in total. The summed E-state index contributed by atoms with van der Waals surface area (Å²) in [6.07, 6.45) is 1.66. The van der Waals surface area contributed by atoms with Gasteiger partial charge in [0.15, 0.2) is 5.82 Å². The van der Waals surface area contributed by atoms with Gasteiger partial charge in [-0.25, -0.2) is 9.97 Å². The van der Waals surface area contributed by atoms with Crippen LogP contribution in [0.2, 0.25) is 5.15 Å². The minimum Gasteiger partial charge on any atom is -0.371 e. The molecule has 90 valence electrons. The van der Waals surface area contributed by atoms with E-state index in [0.717, 1.165) is 22.1 Å². The first-order chi connectivity index (χ1) is 7.63. The molecule has 1 aromatic rings. The molecule has 0 aliphatic heterocycles. The van der Waals surface area contributed by atoms with Crippen molar-refractivity contribution in [1.82, 2.24) is 9.97 Å². The number of rotatable bonds is 5. The Kier molecular flexibility index (Phi) is 5.92. The van der Waals surface area contributed by atoms with Crippen LogP contribution in [0.4, 0.5) is 0 Å². The molecule has 16 heavy (non-hydrogen) atoms. The fourth-order valence-electron chi connectivity index (χ4n) is 1.44. The monoisotopic (exact) mass is 354 g/mol. The molecule has 0 radical (unpaired) electrons. The van der Waals surface area contributed by atoms with Gasteiger partial charge in [-0.3, -0.25) is 0 Å². The molecule has 0 amide bonds. The molecule has 5 heteroatoms. The molecule has 1 atom stereocenters. The van der Waals surface area contributed by atoms with E-state index in [9.17, 15) is 0 Å². The largest absolute Gasteiger partial charge is 0.371 e. The van der Waals surface area contributed by atoms with Crippen molar-refractivity contribution >= 4 is 34.2 Å². The quantitative estimate of drug-likeness (QED) is 0.596. The lowest BCUT2D eigenvalue weighted by molar-refractivity contribution is 0.0533. The topological polar surface area (TPSA) is 35.0 Å². The van der Waals surface area contributed by atoms with Crippen LogP contribution in [0.5, 0.6) is 0 Å². The van der Waals surface area contributed by atoms with E-state index in [4.69, 9.17) is 16.3 Å². The van der Waals surface area contributed by atoms with Crippen molar-refractivity contribution in [2.24, 2.45) is 0 Å². The van der Waals surface area contributed by atoms with Crippen LogP contribution in [-0.2, 0) is 11.2 Å². The summed E-state index contributed by atoms with van der Waals surface area (Å²) in [6.45, 7) is 6.75. The summed E-state index contributed by atoms with van der Waals surface area (Å²) in [6, 6.07) is 0. The van der Waals surface area contributed by atoms with E-state index >= 15 is 0 Å². The molecule has 1 rings (SSSR count). The van der Waals surface area contributed by atoms with Gasteiger partial charge < -0.3 is 4.74 Å². The first kappa shape index (κ1) is 14.1. The van der Waals surface area contributed by atoms with E-state index in [0.29, 0.717) is 17.6 Å². The Morgan fingerprint density at radius 3 is 2.50 bits per heavy atom. The van der Waals surface area contributed by atoms with Crippen molar-refractivity contribution in [1.29, 1.82) is 0 Å². The molecule has 0 aromatic carbocycles.